The second-order valence-electron chi connectivity index (χ2n) is 4.41. The quantitative estimate of drug-likeness (QED) is 0.576. The number of imidazole rings is 1. The van der Waals surface area contributed by atoms with Crippen LogP contribution in [0.2, 0.25) is 0 Å². The number of aromatic nitrogens is 4. The molecule has 0 aliphatic heterocycles. The molecule has 0 bridgehead atoms. The lowest BCUT2D eigenvalue weighted by Gasteiger charge is -1.97. The van der Waals surface area contributed by atoms with Gasteiger partial charge in [-0.15, -0.1) is 10.2 Å². The van der Waals surface area contributed by atoms with Crippen LogP contribution in [0, 0.1) is 0 Å². The van der Waals surface area contributed by atoms with Crippen molar-refractivity contribution in [2.75, 3.05) is 5.84 Å². The van der Waals surface area contributed by atoms with Gasteiger partial charge in [-0.2, -0.15) is 0 Å². The van der Waals surface area contributed by atoms with Crippen molar-refractivity contribution in [2.45, 2.75) is 24.3 Å². The Morgan fingerprint density at radius 2 is 1.95 bits per heavy atom. The number of nitrogen functional groups attached to an aromatic ring is 1. The van der Waals surface area contributed by atoms with Crippen LogP contribution in [-0.4, -0.2) is 19.9 Å². The second-order valence-corrected chi connectivity index (χ2v) is 5.36. The lowest BCUT2D eigenvalue weighted by atomic mass is 10.2. The number of benzene rings is 1. The highest BCUT2D eigenvalue weighted by Crippen LogP contribution is 2.24. The van der Waals surface area contributed by atoms with Crippen molar-refractivity contribution in [1.82, 2.24) is 19.9 Å². The molecule has 2 N–H and O–H groups in total. The normalized spacial score (nSPS) is 10.9. The smallest absolute Gasteiger partial charge is 0.226 e. The average molecular weight is 301 g/mol. The standard InChI is InChI=1S/C14H15N5OS/c1-2-12-17-18-13(20-12)9-21-14-16-11(8-19(14)15)10-6-4-3-5-7-10/h3-8H,2,9,15H2,1H3. The summed E-state index contributed by atoms with van der Waals surface area (Å²) in [5.41, 5.74) is 1.88. The van der Waals surface area contributed by atoms with E-state index in [-0.39, 0.29) is 0 Å². The van der Waals surface area contributed by atoms with Crippen molar-refractivity contribution >= 4 is 11.8 Å². The number of nitrogens with two attached hydrogens (primary N) is 1. The average Bonchev–Trinajstić information content (AvgIpc) is 3.12. The number of aryl methyl sites for hydroxylation is 1. The topological polar surface area (TPSA) is 82.8 Å². The van der Waals surface area contributed by atoms with Gasteiger partial charge < -0.3 is 10.3 Å². The van der Waals surface area contributed by atoms with Crippen LogP contribution < -0.4 is 5.84 Å². The van der Waals surface area contributed by atoms with Gasteiger partial charge in [-0.05, 0) is 0 Å². The van der Waals surface area contributed by atoms with Gasteiger partial charge in [0.2, 0.25) is 11.8 Å². The van der Waals surface area contributed by atoms with Gasteiger partial charge in [0.05, 0.1) is 17.6 Å². The summed E-state index contributed by atoms with van der Waals surface area (Å²) in [5, 5.41) is 8.63. The van der Waals surface area contributed by atoms with Crippen molar-refractivity contribution in [1.29, 1.82) is 0 Å². The van der Waals surface area contributed by atoms with Crippen LogP contribution in [0.4, 0.5) is 0 Å². The fourth-order valence-electron chi connectivity index (χ4n) is 1.85. The largest absolute Gasteiger partial charge is 0.424 e. The summed E-state index contributed by atoms with van der Waals surface area (Å²) < 4.78 is 6.98. The molecule has 0 aliphatic carbocycles. The molecular formula is C14H15N5OS. The van der Waals surface area contributed by atoms with Gasteiger partial charge in [-0.25, -0.2) is 9.66 Å². The Morgan fingerprint density at radius 1 is 1.19 bits per heavy atom. The first-order chi connectivity index (χ1) is 10.3. The fraction of sp³-hybridized carbons (Fsp3) is 0.214. The molecule has 2 heterocycles. The highest BCUT2D eigenvalue weighted by molar-refractivity contribution is 7.98. The number of thioether (sulfide) groups is 1. The highest BCUT2D eigenvalue weighted by Gasteiger charge is 2.11. The van der Waals surface area contributed by atoms with E-state index in [0.29, 0.717) is 22.7 Å². The summed E-state index contributed by atoms with van der Waals surface area (Å²) in [5.74, 6) is 7.72. The van der Waals surface area contributed by atoms with Gasteiger partial charge in [0, 0.05) is 12.0 Å². The van der Waals surface area contributed by atoms with Crippen molar-refractivity contribution < 1.29 is 4.42 Å². The van der Waals surface area contributed by atoms with E-state index in [4.69, 9.17) is 10.3 Å². The molecule has 6 nitrogen and oxygen atoms in total. The molecule has 108 valence electrons. The maximum Gasteiger partial charge on any atom is 0.226 e. The molecule has 0 saturated heterocycles. The van der Waals surface area contributed by atoms with Crippen LogP contribution in [0.15, 0.2) is 46.1 Å². The Labute approximate surface area is 126 Å². The molecule has 0 atom stereocenters. The van der Waals surface area contributed by atoms with Crippen LogP contribution in [0.25, 0.3) is 11.3 Å². The zero-order valence-corrected chi connectivity index (χ0v) is 12.4. The summed E-state index contributed by atoms with van der Waals surface area (Å²) in [4.78, 5) is 4.53. The van der Waals surface area contributed by atoms with E-state index in [9.17, 15) is 0 Å². The number of nitrogens with zero attached hydrogens (tertiary/aromatic N) is 4. The van der Waals surface area contributed by atoms with Crippen molar-refractivity contribution in [3.63, 3.8) is 0 Å². The first-order valence-electron chi connectivity index (χ1n) is 6.60. The van der Waals surface area contributed by atoms with Crippen molar-refractivity contribution in [3.8, 4) is 11.3 Å². The van der Waals surface area contributed by atoms with Crippen LogP contribution in [0.3, 0.4) is 0 Å². The molecule has 0 aliphatic rings. The Morgan fingerprint density at radius 3 is 2.67 bits per heavy atom. The second kappa shape index (κ2) is 6.01. The van der Waals surface area contributed by atoms with E-state index in [1.807, 2.05) is 43.5 Å². The Bertz CT molecular complexity index is 722. The van der Waals surface area contributed by atoms with Gasteiger partial charge in [0.1, 0.15) is 0 Å². The maximum atomic E-state index is 5.94. The lowest BCUT2D eigenvalue weighted by molar-refractivity contribution is 0.470. The summed E-state index contributed by atoms with van der Waals surface area (Å²) in [6.45, 7) is 1.98. The molecule has 3 rings (SSSR count). The van der Waals surface area contributed by atoms with Gasteiger partial charge >= 0.3 is 0 Å². The van der Waals surface area contributed by atoms with E-state index < -0.39 is 0 Å². The predicted molar refractivity (Wildman–Crippen MR) is 81.1 cm³/mol. The molecule has 0 fully saturated rings. The van der Waals surface area contributed by atoms with E-state index >= 15 is 0 Å². The molecule has 0 saturated carbocycles. The number of hydrogen-bond donors (Lipinski definition) is 1. The minimum absolute atomic E-state index is 0.551. The third-order valence-electron chi connectivity index (χ3n) is 2.90. The summed E-state index contributed by atoms with van der Waals surface area (Å²) >= 11 is 1.47. The molecule has 0 amide bonds. The monoisotopic (exact) mass is 301 g/mol. The SMILES string of the molecule is CCc1nnc(CSc2nc(-c3ccccc3)cn2N)o1. The minimum Gasteiger partial charge on any atom is -0.424 e. The van der Waals surface area contributed by atoms with Gasteiger partial charge in [0.25, 0.3) is 0 Å². The summed E-state index contributed by atoms with van der Waals surface area (Å²) in [6.07, 6.45) is 2.55. The Kier molecular flexibility index (Phi) is 3.92. The van der Waals surface area contributed by atoms with Crippen LogP contribution >= 0.6 is 11.8 Å². The molecule has 1 aromatic carbocycles. The predicted octanol–water partition coefficient (Wildman–Crippen LogP) is 2.50. The summed E-state index contributed by atoms with van der Waals surface area (Å²) in [6, 6.07) is 9.93. The maximum absolute atomic E-state index is 5.94. The van der Waals surface area contributed by atoms with E-state index in [2.05, 4.69) is 15.2 Å². The van der Waals surface area contributed by atoms with Gasteiger partial charge in [-0.1, -0.05) is 49.0 Å². The third-order valence-corrected chi connectivity index (χ3v) is 3.86. The fourth-order valence-corrected chi connectivity index (χ4v) is 2.58. The van der Waals surface area contributed by atoms with E-state index in [1.165, 1.54) is 16.4 Å². The minimum atomic E-state index is 0.551. The summed E-state index contributed by atoms with van der Waals surface area (Å²) in [7, 11) is 0. The van der Waals surface area contributed by atoms with Crippen LogP contribution in [-0.2, 0) is 12.2 Å². The first kappa shape index (κ1) is 13.7. The Hall–Kier alpha value is -2.28. The molecule has 3 aromatic rings. The number of hydrogen-bond acceptors (Lipinski definition) is 6. The molecule has 0 radical (unpaired) electrons. The number of rotatable bonds is 5. The third kappa shape index (κ3) is 3.08. The van der Waals surface area contributed by atoms with Crippen LogP contribution in [0.5, 0.6) is 0 Å². The molecule has 21 heavy (non-hydrogen) atoms. The zero-order valence-electron chi connectivity index (χ0n) is 11.6. The highest BCUT2D eigenvalue weighted by atomic mass is 32.2. The van der Waals surface area contributed by atoms with E-state index in [0.717, 1.165) is 17.7 Å². The van der Waals surface area contributed by atoms with Crippen LogP contribution in [0.1, 0.15) is 18.7 Å². The van der Waals surface area contributed by atoms with Gasteiger partial charge in [-0.3, -0.25) is 0 Å². The zero-order chi connectivity index (χ0) is 14.7. The lowest BCUT2D eigenvalue weighted by Crippen LogP contribution is -2.07. The van der Waals surface area contributed by atoms with Crippen molar-refractivity contribution in [3.05, 3.63) is 48.3 Å². The van der Waals surface area contributed by atoms with E-state index in [1.54, 1.807) is 0 Å². The van der Waals surface area contributed by atoms with Crippen molar-refractivity contribution in [2.24, 2.45) is 0 Å². The molecule has 0 unspecified atom stereocenters. The molecular weight excluding hydrogens is 286 g/mol. The molecule has 0 spiro atoms. The molecule has 7 heteroatoms. The van der Waals surface area contributed by atoms with Gasteiger partial charge in [0.15, 0.2) is 5.16 Å². The molecule has 2 aromatic heterocycles. The first-order valence-corrected chi connectivity index (χ1v) is 7.58. The Balaban J connectivity index is 1.73.